The van der Waals surface area contributed by atoms with Crippen LogP contribution in [0.15, 0.2) is 78.5 Å². The zero-order valence-electron chi connectivity index (χ0n) is 18.7. The molecular weight excluding hydrogens is 416 g/mol. The van der Waals surface area contributed by atoms with Crippen molar-refractivity contribution in [2.45, 2.75) is 32.2 Å². The number of unbranched alkanes of at least 4 members (excludes halogenated alkanes) is 1. The van der Waals surface area contributed by atoms with Crippen molar-refractivity contribution in [1.82, 2.24) is 4.98 Å². The lowest BCUT2D eigenvalue weighted by molar-refractivity contribution is -0.132. The highest BCUT2D eigenvalue weighted by atomic mass is 16.5. The summed E-state index contributed by atoms with van der Waals surface area (Å²) in [6.07, 6.45) is 4.73. The largest absolute Gasteiger partial charge is 0.507 e. The van der Waals surface area contributed by atoms with Crippen LogP contribution in [0.1, 0.15) is 42.6 Å². The minimum absolute atomic E-state index is 0.0155. The fourth-order valence-electron chi connectivity index (χ4n) is 4.11. The number of benzene rings is 2. The van der Waals surface area contributed by atoms with Crippen molar-refractivity contribution < 1.29 is 19.4 Å². The van der Waals surface area contributed by atoms with Gasteiger partial charge in [-0.25, -0.2) is 0 Å². The summed E-state index contributed by atoms with van der Waals surface area (Å²) >= 11 is 0. The fraction of sp³-hybridized carbons (Fsp3) is 0.222. The number of pyridine rings is 1. The number of ether oxygens (including phenoxy) is 1. The van der Waals surface area contributed by atoms with Gasteiger partial charge >= 0.3 is 0 Å². The third-order valence-corrected chi connectivity index (χ3v) is 5.81. The number of nitrogens with zero attached hydrogens (tertiary/aromatic N) is 2. The molecule has 1 fully saturated rings. The van der Waals surface area contributed by atoms with Gasteiger partial charge in [-0.05, 0) is 54.8 Å². The van der Waals surface area contributed by atoms with E-state index in [-0.39, 0.29) is 11.3 Å². The molecule has 2 aromatic carbocycles. The van der Waals surface area contributed by atoms with Crippen molar-refractivity contribution in [3.05, 3.63) is 95.3 Å². The number of Topliss-reactive ketones (excluding diaryl/α,β-unsaturated/α-hetero) is 1. The van der Waals surface area contributed by atoms with E-state index in [1.165, 1.54) is 17.6 Å². The molecule has 33 heavy (non-hydrogen) atoms. The van der Waals surface area contributed by atoms with Crippen LogP contribution in [0, 0.1) is 0 Å². The van der Waals surface area contributed by atoms with Crippen LogP contribution >= 0.6 is 0 Å². The molecular formula is C27H26N2O4. The number of ketones is 1. The van der Waals surface area contributed by atoms with E-state index < -0.39 is 17.7 Å². The van der Waals surface area contributed by atoms with E-state index >= 15 is 0 Å². The molecule has 4 rings (SSSR count). The van der Waals surface area contributed by atoms with E-state index in [4.69, 9.17) is 4.74 Å². The fourth-order valence-corrected chi connectivity index (χ4v) is 4.11. The van der Waals surface area contributed by atoms with Gasteiger partial charge in [-0.3, -0.25) is 19.5 Å². The number of methoxy groups -OCH3 is 1. The summed E-state index contributed by atoms with van der Waals surface area (Å²) in [5, 5.41) is 11.2. The Morgan fingerprint density at radius 1 is 1.03 bits per heavy atom. The molecule has 6 heteroatoms. The van der Waals surface area contributed by atoms with E-state index in [0.29, 0.717) is 22.7 Å². The van der Waals surface area contributed by atoms with Gasteiger partial charge in [0.15, 0.2) is 0 Å². The monoisotopic (exact) mass is 442 g/mol. The molecule has 0 bridgehead atoms. The first-order chi connectivity index (χ1) is 16.1. The standard InChI is InChI=1S/C27H26N2O4/c1-3-4-9-18-13-15-19(16-14-18)29-24(21-11-7-8-17-28-21)23(26(31)27(29)32)25(30)20-10-5-6-12-22(20)33-2/h5-8,10-17,24,30H,3-4,9H2,1-2H3/b25-23-. The van der Waals surface area contributed by atoms with Crippen molar-refractivity contribution in [2.24, 2.45) is 0 Å². The van der Waals surface area contributed by atoms with Crippen LogP contribution in [0.25, 0.3) is 5.76 Å². The van der Waals surface area contributed by atoms with Gasteiger partial charge in [-0.2, -0.15) is 0 Å². The van der Waals surface area contributed by atoms with Gasteiger partial charge in [0.05, 0.1) is 23.9 Å². The van der Waals surface area contributed by atoms with Gasteiger partial charge in [0.2, 0.25) is 0 Å². The minimum atomic E-state index is -0.863. The summed E-state index contributed by atoms with van der Waals surface area (Å²) < 4.78 is 5.37. The number of aliphatic hydroxyl groups is 1. The molecule has 1 saturated heterocycles. The summed E-state index contributed by atoms with van der Waals surface area (Å²) in [6, 6.07) is 18.9. The van der Waals surface area contributed by atoms with Crippen LogP contribution in [-0.2, 0) is 16.0 Å². The predicted octanol–water partition coefficient (Wildman–Crippen LogP) is 5.06. The highest BCUT2D eigenvalue weighted by Gasteiger charge is 2.47. The molecule has 1 aliphatic rings. The molecule has 0 spiro atoms. The Bertz CT molecular complexity index is 1190. The second kappa shape index (κ2) is 9.69. The van der Waals surface area contributed by atoms with Crippen LogP contribution < -0.4 is 9.64 Å². The van der Waals surface area contributed by atoms with Gasteiger partial charge in [-0.15, -0.1) is 0 Å². The van der Waals surface area contributed by atoms with Crippen molar-refractivity contribution in [1.29, 1.82) is 0 Å². The third-order valence-electron chi connectivity index (χ3n) is 5.81. The number of hydrogen-bond donors (Lipinski definition) is 1. The first kappa shape index (κ1) is 22.3. The van der Waals surface area contributed by atoms with Gasteiger partial charge in [-0.1, -0.05) is 43.7 Å². The van der Waals surface area contributed by atoms with Crippen LogP contribution in [0.2, 0.25) is 0 Å². The third kappa shape index (κ3) is 4.24. The van der Waals surface area contributed by atoms with Crippen LogP contribution in [-0.4, -0.2) is 28.9 Å². The van der Waals surface area contributed by atoms with Crippen LogP contribution in [0.5, 0.6) is 5.75 Å². The smallest absolute Gasteiger partial charge is 0.300 e. The van der Waals surface area contributed by atoms with E-state index in [9.17, 15) is 14.7 Å². The lowest BCUT2D eigenvalue weighted by atomic mass is 9.97. The van der Waals surface area contributed by atoms with E-state index in [0.717, 1.165) is 19.3 Å². The molecule has 1 N–H and O–H groups in total. The lowest BCUT2D eigenvalue weighted by Crippen LogP contribution is -2.29. The maximum absolute atomic E-state index is 13.2. The van der Waals surface area contributed by atoms with Gasteiger partial charge in [0.1, 0.15) is 17.6 Å². The Labute approximate surface area is 193 Å². The summed E-state index contributed by atoms with van der Waals surface area (Å²) in [5.41, 5.74) is 2.56. The number of amides is 1. The Kier molecular flexibility index (Phi) is 6.54. The Morgan fingerprint density at radius 2 is 1.76 bits per heavy atom. The highest BCUT2D eigenvalue weighted by molar-refractivity contribution is 6.51. The Balaban J connectivity index is 1.86. The average Bonchev–Trinajstić information content (AvgIpc) is 3.13. The first-order valence-corrected chi connectivity index (χ1v) is 11.0. The number of rotatable bonds is 7. The highest BCUT2D eigenvalue weighted by Crippen LogP contribution is 2.42. The number of carbonyl (C=O) groups is 2. The average molecular weight is 443 g/mol. The molecule has 1 aliphatic heterocycles. The molecule has 3 aromatic rings. The molecule has 1 aromatic heterocycles. The lowest BCUT2D eigenvalue weighted by Gasteiger charge is -2.25. The molecule has 0 saturated carbocycles. The predicted molar refractivity (Wildman–Crippen MR) is 127 cm³/mol. The molecule has 1 amide bonds. The van der Waals surface area contributed by atoms with Crippen molar-refractivity contribution in [2.75, 3.05) is 12.0 Å². The molecule has 2 heterocycles. The molecule has 168 valence electrons. The molecule has 6 nitrogen and oxygen atoms in total. The maximum Gasteiger partial charge on any atom is 0.300 e. The number of carbonyl (C=O) groups excluding carboxylic acids is 2. The summed E-state index contributed by atoms with van der Waals surface area (Å²) in [5.74, 6) is -1.35. The van der Waals surface area contributed by atoms with Gasteiger partial charge in [0, 0.05) is 11.9 Å². The zero-order chi connectivity index (χ0) is 23.4. The van der Waals surface area contributed by atoms with Gasteiger partial charge in [0.25, 0.3) is 11.7 Å². The topological polar surface area (TPSA) is 79.7 Å². The number of aryl methyl sites for hydroxylation is 1. The van der Waals surface area contributed by atoms with Crippen LogP contribution in [0.4, 0.5) is 5.69 Å². The number of aliphatic hydroxyl groups excluding tert-OH is 1. The van der Waals surface area contributed by atoms with E-state index in [1.807, 2.05) is 24.3 Å². The summed E-state index contributed by atoms with van der Waals surface area (Å²) in [4.78, 5) is 32.3. The number of anilines is 1. The Morgan fingerprint density at radius 3 is 2.42 bits per heavy atom. The zero-order valence-corrected chi connectivity index (χ0v) is 18.7. The SMILES string of the molecule is CCCCc1ccc(N2C(=O)C(=O)/C(=C(\O)c3ccccc3OC)C2c2ccccn2)cc1. The van der Waals surface area contributed by atoms with Crippen molar-refractivity contribution in [3.63, 3.8) is 0 Å². The number of hydrogen-bond acceptors (Lipinski definition) is 5. The number of para-hydroxylation sites is 1. The summed E-state index contributed by atoms with van der Waals surface area (Å²) in [7, 11) is 1.49. The number of aromatic nitrogens is 1. The normalized spacial score (nSPS) is 17.4. The second-order valence-corrected chi connectivity index (χ2v) is 7.89. The quantitative estimate of drug-likeness (QED) is 0.314. The maximum atomic E-state index is 13.2. The Hall–Kier alpha value is -3.93. The van der Waals surface area contributed by atoms with Crippen molar-refractivity contribution >= 4 is 23.1 Å². The van der Waals surface area contributed by atoms with Gasteiger partial charge < -0.3 is 9.84 Å². The van der Waals surface area contributed by atoms with Crippen molar-refractivity contribution in [3.8, 4) is 5.75 Å². The van der Waals surface area contributed by atoms with Crippen LogP contribution in [0.3, 0.4) is 0 Å². The van der Waals surface area contributed by atoms with E-state index in [1.54, 1.807) is 48.7 Å². The molecule has 1 atom stereocenters. The first-order valence-electron chi connectivity index (χ1n) is 11.0. The molecule has 0 aliphatic carbocycles. The minimum Gasteiger partial charge on any atom is -0.507 e. The van der Waals surface area contributed by atoms with E-state index in [2.05, 4.69) is 11.9 Å². The summed E-state index contributed by atoms with van der Waals surface area (Å²) in [6.45, 7) is 2.14. The molecule has 1 unspecified atom stereocenters. The molecule has 0 radical (unpaired) electrons. The second-order valence-electron chi connectivity index (χ2n) is 7.89.